The predicted octanol–water partition coefficient (Wildman–Crippen LogP) is 0.137. The van der Waals surface area contributed by atoms with Crippen molar-refractivity contribution in [2.24, 2.45) is 0 Å². The summed E-state index contributed by atoms with van der Waals surface area (Å²) in [6, 6.07) is 0. The normalized spacial score (nSPS) is 8.12. The van der Waals surface area contributed by atoms with Gasteiger partial charge in [-0.15, -0.1) is 0 Å². The van der Waals surface area contributed by atoms with E-state index < -0.39 is 17.9 Å². The van der Waals surface area contributed by atoms with Crippen molar-refractivity contribution < 1.29 is 19.4 Å². The Morgan fingerprint density at radius 2 is 2.12 bits per heavy atom. The van der Waals surface area contributed by atoms with Gasteiger partial charge in [-0.2, -0.15) is 0 Å². The Morgan fingerprint density at radius 1 is 1.62 bits per heavy atom. The molecule has 0 saturated heterocycles. The van der Waals surface area contributed by atoms with Gasteiger partial charge in [0.25, 0.3) is 0 Å². The minimum atomic E-state index is -1.19. The van der Waals surface area contributed by atoms with Gasteiger partial charge < -0.3 is 9.84 Å². The Labute approximate surface area is 50.9 Å². The van der Waals surface area contributed by atoms with Crippen molar-refractivity contribution in [3.8, 4) is 0 Å². The molecule has 0 rings (SSSR count). The van der Waals surface area contributed by atoms with Crippen LogP contribution in [-0.4, -0.2) is 23.0 Å². The fraction of sp³-hybridized carbons (Fsp3) is 0.333. The number of rotatable bonds is 2. The number of carbonyl (C=O) groups excluding carboxylic acids is 1. The molecule has 46 valence electrons. The van der Waals surface area contributed by atoms with Crippen molar-refractivity contribution in [2.75, 3.05) is 6.61 Å². The van der Waals surface area contributed by atoms with Gasteiger partial charge >= 0.3 is 11.3 Å². The Hall–Kier alpha value is -0.710. The van der Waals surface area contributed by atoms with Gasteiger partial charge in [-0.25, -0.2) is 9.59 Å². The molecule has 0 atom stereocenters. The van der Waals surface area contributed by atoms with Crippen LogP contribution < -0.4 is 0 Å². The van der Waals surface area contributed by atoms with Gasteiger partial charge in [0.15, 0.2) is 6.61 Å². The highest BCUT2D eigenvalue weighted by molar-refractivity contribution is 7.96. The highest BCUT2D eigenvalue weighted by Crippen LogP contribution is 1.83. The number of carboxylic acid groups (broad SMARTS) is 1. The van der Waals surface area contributed by atoms with Crippen molar-refractivity contribution in [2.45, 2.75) is 0 Å². The molecule has 0 aromatic carbocycles. The van der Waals surface area contributed by atoms with Gasteiger partial charge in [0, 0.05) is 0 Å². The number of hydrogen-bond acceptors (Lipinski definition) is 3. The number of ether oxygens (including phenoxy) is 1. The van der Waals surface area contributed by atoms with Crippen LogP contribution in [0, 0.1) is 0 Å². The maximum Gasteiger partial charge on any atom is 0.364 e. The van der Waals surface area contributed by atoms with E-state index >= 15 is 0 Å². The second-order valence-electron chi connectivity index (χ2n) is 0.948. The molecule has 0 heterocycles. The lowest BCUT2D eigenvalue weighted by Crippen LogP contribution is -2.07. The summed E-state index contributed by atoms with van der Waals surface area (Å²) in [6.45, 7) is -0.623. The molecule has 0 aliphatic rings. The summed E-state index contributed by atoms with van der Waals surface area (Å²) >= 11 is 3.15. The quantitative estimate of drug-likeness (QED) is 0.418. The van der Waals surface area contributed by atoms with Crippen LogP contribution in [0.4, 0.5) is 4.79 Å². The fourth-order valence-corrected chi connectivity index (χ4v) is 0.188. The van der Waals surface area contributed by atoms with E-state index in [-0.39, 0.29) is 0 Å². The lowest BCUT2D eigenvalue weighted by molar-refractivity contribution is -0.139. The lowest BCUT2D eigenvalue weighted by atomic mass is 10.8. The third-order valence-corrected chi connectivity index (χ3v) is 0.448. The number of hydrogen-bond donors (Lipinski definition) is 2. The van der Waals surface area contributed by atoms with Gasteiger partial charge in [-0.1, -0.05) is 12.6 Å². The summed E-state index contributed by atoms with van der Waals surface area (Å²) in [5.41, 5.74) is 0. The number of aliphatic carboxylic acids is 1. The summed E-state index contributed by atoms with van der Waals surface area (Å²) in [5, 5.41) is 6.97. The van der Waals surface area contributed by atoms with E-state index in [1.165, 1.54) is 0 Å². The fourth-order valence-electron chi connectivity index (χ4n) is 0.123. The maximum atomic E-state index is 9.73. The third-order valence-electron chi connectivity index (χ3n) is 0.319. The molecule has 1 N–H and O–H groups in total. The Balaban J connectivity index is 3.18. The predicted molar refractivity (Wildman–Crippen MR) is 28.0 cm³/mol. The van der Waals surface area contributed by atoms with Crippen LogP contribution in [0.2, 0.25) is 0 Å². The molecule has 0 unspecified atom stereocenters. The topological polar surface area (TPSA) is 63.6 Å². The number of carbonyl (C=O) groups is 2. The summed E-state index contributed by atoms with van der Waals surface area (Å²) in [4.78, 5) is 19.3. The molecule has 0 fully saturated rings. The molecule has 0 aromatic rings. The summed E-state index contributed by atoms with van der Waals surface area (Å²) in [7, 11) is 0. The monoisotopic (exact) mass is 136 g/mol. The Morgan fingerprint density at radius 3 is 2.25 bits per heavy atom. The first-order chi connectivity index (χ1) is 3.63. The molecule has 0 amide bonds. The van der Waals surface area contributed by atoms with Crippen LogP contribution in [-0.2, 0) is 9.53 Å². The van der Waals surface area contributed by atoms with Crippen molar-refractivity contribution >= 4 is 23.9 Å². The van der Waals surface area contributed by atoms with Crippen molar-refractivity contribution in [3.63, 3.8) is 0 Å². The highest BCUT2D eigenvalue weighted by Gasteiger charge is 1.97. The molecule has 0 aromatic heterocycles. The molecule has 0 radical (unpaired) electrons. The van der Waals surface area contributed by atoms with Crippen molar-refractivity contribution in [1.82, 2.24) is 0 Å². The first-order valence-corrected chi connectivity index (χ1v) is 2.15. The van der Waals surface area contributed by atoms with Crippen LogP contribution in [0.3, 0.4) is 0 Å². The Kier molecular flexibility index (Phi) is 3.02. The average Bonchev–Trinajstić information content (AvgIpc) is 1.61. The van der Waals surface area contributed by atoms with E-state index in [0.29, 0.717) is 0 Å². The van der Waals surface area contributed by atoms with Gasteiger partial charge in [0.1, 0.15) is 0 Å². The minimum absolute atomic E-state index is 0.623. The number of thiol groups is 1. The van der Waals surface area contributed by atoms with E-state index in [9.17, 15) is 9.59 Å². The molecule has 4 nitrogen and oxygen atoms in total. The maximum absolute atomic E-state index is 9.73. The first kappa shape index (κ1) is 7.29. The SMILES string of the molecule is O=C(O)COC(=O)S. The van der Waals surface area contributed by atoms with Gasteiger partial charge in [-0.05, 0) is 0 Å². The second-order valence-corrected chi connectivity index (χ2v) is 1.31. The van der Waals surface area contributed by atoms with E-state index in [0.717, 1.165) is 0 Å². The standard InChI is InChI=1S/C3H4O4S/c4-2(5)1-7-3(6)8/h1H2,(H,4,5)(H,6,8). The average molecular weight is 136 g/mol. The smallest absolute Gasteiger partial charge is 0.364 e. The summed E-state index contributed by atoms with van der Waals surface area (Å²) < 4.78 is 3.93. The first-order valence-electron chi connectivity index (χ1n) is 1.70. The summed E-state index contributed by atoms with van der Waals surface area (Å²) in [6.07, 6.45) is 0. The zero-order valence-corrected chi connectivity index (χ0v) is 4.72. The van der Waals surface area contributed by atoms with E-state index in [1.807, 2.05) is 0 Å². The number of carboxylic acids is 1. The molecular formula is C3H4O4S. The van der Waals surface area contributed by atoms with Crippen LogP contribution in [0.1, 0.15) is 0 Å². The van der Waals surface area contributed by atoms with E-state index in [4.69, 9.17) is 5.11 Å². The van der Waals surface area contributed by atoms with Gasteiger partial charge in [0.05, 0.1) is 0 Å². The molecular weight excluding hydrogens is 132 g/mol. The third kappa shape index (κ3) is 5.29. The molecule has 8 heavy (non-hydrogen) atoms. The van der Waals surface area contributed by atoms with E-state index in [2.05, 4.69) is 17.4 Å². The van der Waals surface area contributed by atoms with Gasteiger partial charge in [-0.3, -0.25) is 0 Å². The van der Waals surface area contributed by atoms with Crippen molar-refractivity contribution in [1.29, 1.82) is 0 Å². The lowest BCUT2D eigenvalue weighted by Gasteiger charge is -1.91. The zero-order valence-electron chi connectivity index (χ0n) is 3.83. The van der Waals surface area contributed by atoms with Crippen molar-refractivity contribution in [3.05, 3.63) is 0 Å². The molecule has 0 aliphatic carbocycles. The molecule has 0 saturated carbocycles. The van der Waals surface area contributed by atoms with E-state index in [1.54, 1.807) is 0 Å². The highest BCUT2D eigenvalue weighted by atomic mass is 32.1. The minimum Gasteiger partial charge on any atom is -0.479 e. The molecule has 0 bridgehead atoms. The molecule has 0 aliphatic heterocycles. The second kappa shape index (κ2) is 3.31. The largest absolute Gasteiger partial charge is 0.479 e. The van der Waals surface area contributed by atoms with Gasteiger partial charge in [0.2, 0.25) is 0 Å². The van der Waals surface area contributed by atoms with Crippen LogP contribution in [0.25, 0.3) is 0 Å². The van der Waals surface area contributed by atoms with Crippen LogP contribution >= 0.6 is 12.6 Å². The summed E-state index contributed by atoms with van der Waals surface area (Å²) in [5.74, 6) is -1.19. The van der Waals surface area contributed by atoms with Crippen LogP contribution in [0.5, 0.6) is 0 Å². The zero-order chi connectivity index (χ0) is 6.57. The Bertz CT molecular complexity index is 95.9. The molecule has 5 heteroatoms. The molecule has 0 spiro atoms. The van der Waals surface area contributed by atoms with Crippen LogP contribution in [0.15, 0.2) is 0 Å².